The Hall–Kier alpha value is -2.23. The molecule has 1 aromatic heterocycles. The van der Waals surface area contributed by atoms with Gasteiger partial charge in [-0.1, -0.05) is 47.5 Å². The summed E-state index contributed by atoms with van der Waals surface area (Å²) in [6.45, 7) is 0. The Bertz CT molecular complexity index is 793. The van der Waals surface area contributed by atoms with Gasteiger partial charge in [-0.25, -0.2) is 0 Å². The summed E-state index contributed by atoms with van der Waals surface area (Å²) in [6.07, 6.45) is 1.56. The smallest absolute Gasteiger partial charge is 0.256 e. The molecule has 0 saturated heterocycles. The lowest BCUT2D eigenvalue weighted by Gasteiger charge is -2.11. The molecule has 0 saturated carbocycles. The highest BCUT2D eigenvalue weighted by Crippen LogP contribution is 2.31. The predicted octanol–water partition coefficient (Wildman–Crippen LogP) is 5.51. The standard InChI is InChI=1S/C17H11Cl2NO2/c18-13-7-3-8-14(19)16(13)20-17(21)12-6-2-1-5-11(12)15-9-4-10-22-15/h1-10H,(H,20,21). The number of halogens is 2. The molecule has 3 nitrogen and oxygen atoms in total. The Balaban J connectivity index is 1.97. The highest BCUT2D eigenvalue weighted by Gasteiger charge is 2.16. The number of carbonyl (C=O) groups is 1. The second-order valence-corrected chi connectivity index (χ2v) is 5.39. The van der Waals surface area contributed by atoms with Crippen LogP contribution in [-0.2, 0) is 0 Å². The second kappa shape index (κ2) is 6.26. The van der Waals surface area contributed by atoms with Crippen LogP contribution in [0.5, 0.6) is 0 Å². The zero-order valence-electron chi connectivity index (χ0n) is 11.3. The van der Waals surface area contributed by atoms with Crippen LogP contribution in [0, 0.1) is 0 Å². The van der Waals surface area contributed by atoms with E-state index in [-0.39, 0.29) is 5.91 Å². The van der Waals surface area contributed by atoms with Gasteiger partial charge in [0, 0.05) is 5.56 Å². The minimum Gasteiger partial charge on any atom is -0.464 e. The van der Waals surface area contributed by atoms with Crippen molar-refractivity contribution >= 4 is 34.8 Å². The van der Waals surface area contributed by atoms with Crippen LogP contribution in [0.4, 0.5) is 5.69 Å². The average Bonchev–Trinajstić information content (AvgIpc) is 3.05. The molecule has 3 aromatic rings. The van der Waals surface area contributed by atoms with Crippen molar-refractivity contribution in [3.63, 3.8) is 0 Å². The van der Waals surface area contributed by atoms with E-state index in [0.717, 1.165) is 0 Å². The third kappa shape index (κ3) is 2.86. The van der Waals surface area contributed by atoms with Crippen molar-refractivity contribution in [3.8, 4) is 11.3 Å². The molecule has 0 aliphatic heterocycles. The molecule has 0 bridgehead atoms. The molecular weight excluding hydrogens is 321 g/mol. The molecule has 110 valence electrons. The summed E-state index contributed by atoms with van der Waals surface area (Å²) in [7, 11) is 0. The molecule has 0 aliphatic carbocycles. The zero-order valence-corrected chi connectivity index (χ0v) is 12.9. The fraction of sp³-hybridized carbons (Fsp3) is 0. The first-order chi connectivity index (χ1) is 10.7. The fourth-order valence-corrected chi connectivity index (χ4v) is 2.62. The van der Waals surface area contributed by atoms with E-state index in [0.29, 0.717) is 32.6 Å². The van der Waals surface area contributed by atoms with Gasteiger partial charge in [0.25, 0.3) is 5.91 Å². The number of anilines is 1. The van der Waals surface area contributed by atoms with Crippen molar-refractivity contribution in [2.24, 2.45) is 0 Å². The molecule has 22 heavy (non-hydrogen) atoms. The number of carbonyl (C=O) groups excluding carboxylic acids is 1. The van der Waals surface area contributed by atoms with Crippen LogP contribution in [0.2, 0.25) is 10.0 Å². The first kappa shape index (κ1) is 14.7. The second-order valence-electron chi connectivity index (χ2n) is 4.57. The molecule has 2 aromatic carbocycles. The number of hydrogen-bond acceptors (Lipinski definition) is 2. The quantitative estimate of drug-likeness (QED) is 0.687. The topological polar surface area (TPSA) is 42.2 Å². The first-order valence-corrected chi connectivity index (χ1v) is 7.30. The van der Waals surface area contributed by atoms with Crippen LogP contribution in [0.25, 0.3) is 11.3 Å². The maximum Gasteiger partial charge on any atom is 0.256 e. The van der Waals surface area contributed by atoms with E-state index in [4.69, 9.17) is 27.6 Å². The van der Waals surface area contributed by atoms with E-state index in [1.807, 2.05) is 12.1 Å². The Morgan fingerprint density at radius 3 is 2.32 bits per heavy atom. The van der Waals surface area contributed by atoms with Crippen molar-refractivity contribution in [3.05, 3.63) is 76.5 Å². The van der Waals surface area contributed by atoms with E-state index < -0.39 is 0 Å². The first-order valence-electron chi connectivity index (χ1n) is 6.55. The van der Waals surface area contributed by atoms with Gasteiger partial charge in [-0.3, -0.25) is 4.79 Å². The molecule has 0 unspecified atom stereocenters. The number of furan rings is 1. The summed E-state index contributed by atoms with van der Waals surface area (Å²) in [4.78, 5) is 12.6. The van der Waals surface area contributed by atoms with E-state index >= 15 is 0 Å². The fourth-order valence-electron chi connectivity index (χ4n) is 2.13. The number of para-hydroxylation sites is 1. The molecule has 3 rings (SSSR count). The third-order valence-electron chi connectivity index (χ3n) is 3.16. The summed E-state index contributed by atoms with van der Waals surface area (Å²) in [5.74, 6) is 0.318. The van der Waals surface area contributed by atoms with Gasteiger partial charge in [0.15, 0.2) is 0 Å². The third-order valence-corrected chi connectivity index (χ3v) is 3.79. The Morgan fingerprint density at radius 1 is 0.909 bits per heavy atom. The van der Waals surface area contributed by atoms with E-state index in [2.05, 4.69) is 5.32 Å². The van der Waals surface area contributed by atoms with Gasteiger partial charge in [-0.2, -0.15) is 0 Å². The molecule has 0 radical (unpaired) electrons. The molecule has 1 N–H and O–H groups in total. The maximum absolute atomic E-state index is 12.6. The number of nitrogens with one attached hydrogen (secondary N) is 1. The lowest BCUT2D eigenvalue weighted by Crippen LogP contribution is -2.13. The van der Waals surface area contributed by atoms with Gasteiger partial charge in [-0.15, -0.1) is 0 Å². The minimum absolute atomic E-state index is 0.304. The number of benzene rings is 2. The highest BCUT2D eigenvalue weighted by atomic mass is 35.5. The van der Waals surface area contributed by atoms with Crippen molar-refractivity contribution in [1.82, 2.24) is 0 Å². The molecule has 0 fully saturated rings. The summed E-state index contributed by atoms with van der Waals surface area (Å²) in [5.41, 5.74) is 1.58. The monoisotopic (exact) mass is 331 g/mol. The Morgan fingerprint density at radius 2 is 1.64 bits per heavy atom. The number of rotatable bonds is 3. The van der Waals surface area contributed by atoms with Gasteiger partial charge >= 0.3 is 0 Å². The van der Waals surface area contributed by atoms with Gasteiger partial charge in [0.1, 0.15) is 5.76 Å². The van der Waals surface area contributed by atoms with Crippen LogP contribution in [0.3, 0.4) is 0 Å². The summed E-state index contributed by atoms with van der Waals surface area (Å²) >= 11 is 12.2. The largest absolute Gasteiger partial charge is 0.464 e. The van der Waals surface area contributed by atoms with Crippen LogP contribution < -0.4 is 5.32 Å². The molecule has 5 heteroatoms. The summed E-state index contributed by atoms with van der Waals surface area (Å²) in [5, 5.41) is 3.52. The van der Waals surface area contributed by atoms with Crippen LogP contribution >= 0.6 is 23.2 Å². The van der Waals surface area contributed by atoms with Crippen molar-refractivity contribution < 1.29 is 9.21 Å². The van der Waals surface area contributed by atoms with Gasteiger partial charge in [0.05, 0.1) is 27.6 Å². The SMILES string of the molecule is O=C(Nc1c(Cl)cccc1Cl)c1ccccc1-c1ccco1. The van der Waals surface area contributed by atoms with Crippen LogP contribution in [0.1, 0.15) is 10.4 Å². The molecule has 0 aliphatic rings. The van der Waals surface area contributed by atoms with Crippen molar-refractivity contribution in [1.29, 1.82) is 0 Å². The summed E-state index contributed by atoms with van der Waals surface area (Å²) < 4.78 is 5.38. The Kier molecular flexibility index (Phi) is 4.18. The van der Waals surface area contributed by atoms with Crippen molar-refractivity contribution in [2.45, 2.75) is 0 Å². The predicted molar refractivity (Wildman–Crippen MR) is 88.6 cm³/mol. The number of hydrogen-bond donors (Lipinski definition) is 1. The molecule has 1 amide bonds. The normalized spacial score (nSPS) is 10.5. The molecule has 0 atom stereocenters. The van der Waals surface area contributed by atoms with E-state index in [9.17, 15) is 4.79 Å². The van der Waals surface area contributed by atoms with Gasteiger partial charge in [-0.05, 0) is 30.3 Å². The zero-order chi connectivity index (χ0) is 15.5. The maximum atomic E-state index is 12.6. The average molecular weight is 332 g/mol. The lowest BCUT2D eigenvalue weighted by atomic mass is 10.0. The lowest BCUT2D eigenvalue weighted by molar-refractivity contribution is 0.102. The molecular formula is C17H11Cl2NO2. The van der Waals surface area contributed by atoms with E-state index in [1.54, 1.807) is 48.7 Å². The van der Waals surface area contributed by atoms with Crippen molar-refractivity contribution in [2.75, 3.05) is 5.32 Å². The van der Waals surface area contributed by atoms with Crippen LogP contribution in [-0.4, -0.2) is 5.91 Å². The molecule has 1 heterocycles. The summed E-state index contributed by atoms with van der Waals surface area (Å²) in [6, 6.07) is 15.8. The van der Waals surface area contributed by atoms with Gasteiger partial charge < -0.3 is 9.73 Å². The number of amides is 1. The minimum atomic E-state index is -0.304. The highest BCUT2D eigenvalue weighted by molar-refractivity contribution is 6.40. The van der Waals surface area contributed by atoms with Gasteiger partial charge in [0.2, 0.25) is 0 Å². The van der Waals surface area contributed by atoms with Crippen LogP contribution in [0.15, 0.2) is 65.3 Å². The molecule has 0 spiro atoms. The Labute approximate surface area is 137 Å². The van der Waals surface area contributed by atoms with E-state index in [1.165, 1.54) is 0 Å².